The van der Waals surface area contributed by atoms with Gasteiger partial charge in [-0.15, -0.1) is 0 Å². The second-order valence-corrected chi connectivity index (χ2v) is 5.20. The van der Waals surface area contributed by atoms with Crippen molar-refractivity contribution in [2.24, 2.45) is 0 Å². The number of benzene rings is 1. The predicted molar refractivity (Wildman–Crippen MR) is 76.4 cm³/mol. The fourth-order valence-electron chi connectivity index (χ4n) is 2.67. The summed E-state index contributed by atoms with van der Waals surface area (Å²) >= 11 is 0. The first-order valence-electron chi connectivity index (χ1n) is 6.86. The number of likely N-dealkylation sites (tertiary alicyclic amines) is 1. The summed E-state index contributed by atoms with van der Waals surface area (Å²) in [4.78, 5) is 2.41. The van der Waals surface area contributed by atoms with Crippen molar-refractivity contribution in [3.63, 3.8) is 0 Å². The van der Waals surface area contributed by atoms with E-state index in [0.717, 1.165) is 19.5 Å². The van der Waals surface area contributed by atoms with Gasteiger partial charge in [-0.2, -0.15) is 0 Å². The Hall–Kier alpha value is -1.12. The van der Waals surface area contributed by atoms with Crippen LogP contribution in [0.4, 0.5) is 0 Å². The van der Waals surface area contributed by atoms with Gasteiger partial charge in [0.1, 0.15) is 0 Å². The SMILES string of the molecule is C/C(=C\c1ccccc1)CN1CCCCC1CO. The van der Waals surface area contributed by atoms with Gasteiger partial charge >= 0.3 is 0 Å². The Balaban J connectivity index is 1.97. The summed E-state index contributed by atoms with van der Waals surface area (Å²) in [5.74, 6) is 0. The lowest BCUT2D eigenvalue weighted by atomic mass is 10.0. The van der Waals surface area contributed by atoms with Crippen LogP contribution >= 0.6 is 0 Å². The highest BCUT2D eigenvalue weighted by Gasteiger charge is 2.21. The fourth-order valence-corrected chi connectivity index (χ4v) is 2.67. The predicted octanol–water partition coefficient (Wildman–Crippen LogP) is 2.94. The number of rotatable bonds is 4. The third-order valence-corrected chi connectivity index (χ3v) is 3.62. The quantitative estimate of drug-likeness (QED) is 0.881. The van der Waals surface area contributed by atoms with E-state index in [0.29, 0.717) is 12.6 Å². The molecule has 1 saturated heterocycles. The Kier molecular flexibility index (Phi) is 4.97. The summed E-state index contributed by atoms with van der Waals surface area (Å²) in [6.07, 6.45) is 5.89. The van der Waals surface area contributed by atoms with Crippen LogP contribution in [0.15, 0.2) is 35.9 Å². The topological polar surface area (TPSA) is 23.5 Å². The number of piperidine rings is 1. The molecular formula is C16H23NO. The maximum absolute atomic E-state index is 9.40. The van der Waals surface area contributed by atoms with E-state index in [2.05, 4.69) is 42.2 Å². The first kappa shape index (κ1) is 13.3. The van der Waals surface area contributed by atoms with Crippen LogP contribution in [0.5, 0.6) is 0 Å². The molecule has 98 valence electrons. The van der Waals surface area contributed by atoms with Crippen molar-refractivity contribution in [3.8, 4) is 0 Å². The van der Waals surface area contributed by atoms with Gasteiger partial charge in [0.05, 0.1) is 6.61 Å². The van der Waals surface area contributed by atoms with Crippen LogP contribution in [-0.4, -0.2) is 35.7 Å². The van der Waals surface area contributed by atoms with Crippen molar-refractivity contribution >= 4 is 6.08 Å². The van der Waals surface area contributed by atoms with E-state index in [-0.39, 0.29) is 0 Å². The summed E-state index contributed by atoms with van der Waals surface area (Å²) in [5, 5.41) is 9.40. The lowest BCUT2D eigenvalue weighted by Gasteiger charge is -2.34. The molecule has 2 heteroatoms. The molecule has 1 unspecified atom stereocenters. The van der Waals surface area contributed by atoms with Gasteiger partial charge in [0, 0.05) is 12.6 Å². The van der Waals surface area contributed by atoms with Gasteiger partial charge in [-0.1, -0.05) is 48.4 Å². The summed E-state index contributed by atoms with van der Waals surface area (Å²) in [7, 11) is 0. The molecule has 1 aromatic carbocycles. The minimum absolute atomic E-state index is 0.290. The highest BCUT2D eigenvalue weighted by atomic mass is 16.3. The summed E-state index contributed by atoms with van der Waals surface area (Å²) in [5.41, 5.74) is 2.62. The molecule has 1 atom stereocenters. The van der Waals surface area contributed by atoms with E-state index >= 15 is 0 Å². The maximum atomic E-state index is 9.40. The first-order chi connectivity index (χ1) is 8.79. The van der Waals surface area contributed by atoms with Gasteiger partial charge in [0.15, 0.2) is 0 Å². The molecular weight excluding hydrogens is 222 g/mol. The van der Waals surface area contributed by atoms with Gasteiger partial charge < -0.3 is 5.11 Å². The van der Waals surface area contributed by atoms with Crippen molar-refractivity contribution in [1.29, 1.82) is 0 Å². The molecule has 1 aromatic rings. The molecule has 1 aliphatic rings. The molecule has 18 heavy (non-hydrogen) atoms. The fraction of sp³-hybridized carbons (Fsp3) is 0.500. The zero-order valence-electron chi connectivity index (χ0n) is 11.2. The third kappa shape index (κ3) is 3.69. The Labute approximate surface area is 110 Å². The smallest absolute Gasteiger partial charge is 0.0586 e. The normalized spacial score (nSPS) is 22.1. The molecule has 0 amide bonds. The van der Waals surface area contributed by atoms with E-state index in [9.17, 15) is 5.11 Å². The van der Waals surface area contributed by atoms with Crippen LogP contribution < -0.4 is 0 Å². The standard InChI is InChI=1S/C16H23NO/c1-14(11-15-7-3-2-4-8-15)12-17-10-6-5-9-16(17)13-18/h2-4,7-8,11,16,18H,5-6,9-10,12-13H2,1H3/b14-11+. The summed E-state index contributed by atoms with van der Waals surface area (Å²) < 4.78 is 0. The number of hydrogen-bond donors (Lipinski definition) is 1. The van der Waals surface area contributed by atoms with Gasteiger partial charge in [-0.3, -0.25) is 4.90 Å². The molecule has 2 nitrogen and oxygen atoms in total. The summed E-state index contributed by atoms with van der Waals surface area (Å²) in [6, 6.07) is 10.8. The van der Waals surface area contributed by atoms with E-state index in [4.69, 9.17) is 0 Å². The molecule has 1 aliphatic heterocycles. The van der Waals surface area contributed by atoms with Crippen molar-refractivity contribution < 1.29 is 5.11 Å². The van der Waals surface area contributed by atoms with Gasteiger partial charge in [-0.25, -0.2) is 0 Å². The Morgan fingerprint density at radius 3 is 2.83 bits per heavy atom. The van der Waals surface area contributed by atoms with Crippen LogP contribution in [0.1, 0.15) is 31.7 Å². The highest BCUT2D eigenvalue weighted by molar-refractivity contribution is 5.52. The van der Waals surface area contributed by atoms with Gasteiger partial charge in [0.25, 0.3) is 0 Å². The lowest BCUT2D eigenvalue weighted by Crippen LogP contribution is -2.42. The first-order valence-corrected chi connectivity index (χ1v) is 6.86. The van der Waals surface area contributed by atoms with Crippen molar-refractivity contribution in [2.75, 3.05) is 19.7 Å². The average Bonchev–Trinajstić information content (AvgIpc) is 2.40. The molecule has 1 N–H and O–H groups in total. The molecule has 0 aliphatic carbocycles. The molecule has 0 radical (unpaired) electrons. The van der Waals surface area contributed by atoms with E-state index < -0.39 is 0 Å². The highest BCUT2D eigenvalue weighted by Crippen LogP contribution is 2.18. The van der Waals surface area contributed by atoms with E-state index in [1.807, 2.05) is 6.07 Å². The van der Waals surface area contributed by atoms with E-state index in [1.54, 1.807) is 0 Å². The van der Waals surface area contributed by atoms with Crippen LogP contribution in [-0.2, 0) is 0 Å². The molecule has 0 bridgehead atoms. The number of aliphatic hydroxyl groups excluding tert-OH is 1. The maximum Gasteiger partial charge on any atom is 0.0586 e. The average molecular weight is 245 g/mol. The summed E-state index contributed by atoms with van der Waals surface area (Å²) in [6.45, 7) is 4.56. The number of aliphatic hydroxyl groups is 1. The monoisotopic (exact) mass is 245 g/mol. The second kappa shape index (κ2) is 6.72. The third-order valence-electron chi connectivity index (χ3n) is 3.62. The largest absolute Gasteiger partial charge is 0.395 e. The van der Waals surface area contributed by atoms with Crippen LogP contribution in [0.2, 0.25) is 0 Å². The number of nitrogens with zero attached hydrogens (tertiary/aromatic N) is 1. The zero-order valence-corrected chi connectivity index (χ0v) is 11.2. The molecule has 0 aromatic heterocycles. The van der Waals surface area contributed by atoms with Gasteiger partial charge in [-0.05, 0) is 31.9 Å². The van der Waals surface area contributed by atoms with Crippen molar-refractivity contribution in [1.82, 2.24) is 4.90 Å². The zero-order chi connectivity index (χ0) is 12.8. The van der Waals surface area contributed by atoms with Crippen molar-refractivity contribution in [3.05, 3.63) is 41.5 Å². The molecule has 1 fully saturated rings. The van der Waals surface area contributed by atoms with Crippen molar-refractivity contribution in [2.45, 2.75) is 32.2 Å². The lowest BCUT2D eigenvalue weighted by molar-refractivity contribution is 0.0988. The van der Waals surface area contributed by atoms with Crippen LogP contribution in [0.3, 0.4) is 0 Å². The van der Waals surface area contributed by atoms with Gasteiger partial charge in [0.2, 0.25) is 0 Å². The molecule has 0 spiro atoms. The Bertz CT molecular complexity index is 385. The molecule has 1 heterocycles. The molecule has 0 saturated carbocycles. The number of hydrogen-bond acceptors (Lipinski definition) is 2. The Morgan fingerprint density at radius 1 is 1.33 bits per heavy atom. The minimum atomic E-state index is 0.290. The minimum Gasteiger partial charge on any atom is -0.395 e. The molecule has 2 rings (SSSR count). The van der Waals surface area contributed by atoms with E-state index in [1.165, 1.54) is 24.0 Å². The van der Waals surface area contributed by atoms with Crippen LogP contribution in [0, 0.1) is 0 Å². The second-order valence-electron chi connectivity index (χ2n) is 5.20. The van der Waals surface area contributed by atoms with Crippen LogP contribution in [0.25, 0.3) is 6.08 Å². The Morgan fingerprint density at radius 2 is 2.11 bits per heavy atom.